The maximum absolute atomic E-state index is 11.9. The normalized spacial score (nSPS) is 14.3. The van der Waals surface area contributed by atoms with Crippen LogP contribution in [-0.2, 0) is 0 Å². The van der Waals surface area contributed by atoms with E-state index < -0.39 is 0 Å². The summed E-state index contributed by atoms with van der Waals surface area (Å²) < 4.78 is 0. The van der Waals surface area contributed by atoms with Crippen LogP contribution in [0, 0.1) is 0 Å². The van der Waals surface area contributed by atoms with Crippen molar-refractivity contribution in [3.63, 3.8) is 0 Å². The minimum Gasteiger partial charge on any atom is -0.396 e. The van der Waals surface area contributed by atoms with Crippen LogP contribution >= 0.6 is 23.1 Å². The number of thiophene rings is 1. The number of anilines is 2. The standard InChI is InChI=1S/C12H17N3OS2/c1-3-6-14-11(16)9-8(13)10(17-2)12(18-9)15-7-4-5-7/h3,7,15H,1,4-6,13H2,2H3,(H,14,16). The van der Waals surface area contributed by atoms with Crippen molar-refractivity contribution in [1.29, 1.82) is 0 Å². The highest BCUT2D eigenvalue weighted by Crippen LogP contribution is 2.43. The Morgan fingerprint density at radius 2 is 2.39 bits per heavy atom. The number of rotatable bonds is 6. The van der Waals surface area contributed by atoms with Gasteiger partial charge < -0.3 is 16.4 Å². The maximum Gasteiger partial charge on any atom is 0.263 e. The summed E-state index contributed by atoms with van der Waals surface area (Å²) in [6.45, 7) is 4.03. The summed E-state index contributed by atoms with van der Waals surface area (Å²) in [6.07, 6.45) is 6.02. The molecule has 0 spiro atoms. The molecule has 1 aliphatic carbocycles. The molecule has 18 heavy (non-hydrogen) atoms. The van der Waals surface area contributed by atoms with Crippen LogP contribution < -0.4 is 16.4 Å². The predicted octanol–water partition coefficient (Wildman–Crippen LogP) is 2.54. The van der Waals surface area contributed by atoms with Gasteiger partial charge in [0.1, 0.15) is 9.88 Å². The zero-order chi connectivity index (χ0) is 13.1. The molecule has 0 aromatic carbocycles. The first kappa shape index (κ1) is 13.3. The lowest BCUT2D eigenvalue weighted by Gasteiger charge is -2.03. The number of hydrogen-bond acceptors (Lipinski definition) is 5. The summed E-state index contributed by atoms with van der Waals surface area (Å²) >= 11 is 3.01. The maximum atomic E-state index is 11.9. The van der Waals surface area contributed by atoms with Gasteiger partial charge in [-0.05, 0) is 19.1 Å². The number of hydrogen-bond donors (Lipinski definition) is 3. The van der Waals surface area contributed by atoms with E-state index in [4.69, 9.17) is 5.73 Å². The molecular formula is C12H17N3OS2. The lowest BCUT2D eigenvalue weighted by Crippen LogP contribution is -2.23. The van der Waals surface area contributed by atoms with Crippen molar-refractivity contribution in [2.75, 3.05) is 23.9 Å². The van der Waals surface area contributed by atoms with Crippen LogP contribution in [0.1, 0.15) is 22.5 Å². The summed E-state index contributed by atoms with van der Waals surface area (Å²) in [5.41, 5.74) is 6.63. The van der Waals surface area contributed by atoms with Gasteiger partial charge in [-0.3, -0.25) is 4.79 Å². The van der Waals surface area contributed by atoms with Gasteiger partial charge in [-0.15, -0.1) is 29.7 Å². The van der Waals surface area contributed by atoms with E-state index in [0.29, 0.717) is 23.2 Å². The molecule has 0 radical (unpaired) electrons. The second-order valence-corrected chi connectivity index (χ2v) is 5.96. The molecule has 0 aliphatic heterocycles. The van der Waals surface area contributed by atoms with Crippen molar-refractivity contribution in [3.8, 4) is 0 Å². The molecule has 2 rings (SSSR count). The quantitative estimate of drug-likeness (QED) is 0.554. The van der Waals surface area contributed by atoms with Gasteiger partial charge >= 0.3 is 0 Å². The van der Waals surface area contributed by atoms with Crippen molar-refractivity contribution >= 4 is 39.7 Å². The molecule has 4 nitrogen and oxygen atoms in total. The number of carbonyl (C=O) groups is 1. The fourth-order valence-electron chi connectivity index (χ4n) is 1.55. The topological polar surface area (TPSA) is 67.2 Å². The van der Waals surface area contributed by atoms with Gasteiger partial charge in [-0.2, -0.15) is 0 Å². The predicted molar refractivity (Wildman–Crippen MR) is 79.7 cm³/mol. The fourth-order valence-corrected chi connectivity index (χ4v) is 3.57. The molecular weight excluding hydrogens is 266 g/mol. The summed E-state index contributed by atoms with van der Waals surface area (Å²) in [5, 5.41) is 7.20. The molecule has 1 aliphatic rings. The minimum absolute atomic E-state index is 0.128. The van der Waals surface area contributed by atoms with Crippen molar-refractivity contribution < 1.29 is 4.79 Å². The smallest absolute Gasteiger partial charge is 0.263 e. The minimum atomic E-state index is -0.128. The van der Waals surface area contributed by atoms with Gasteiger partial charge in [-0.1, -0.05) is 6.08 Å². The van der Waals surface area contributed by atoms with E-state index in [9.17, 15) is 4.79 Å². The van der Waals surface area contributed by atoms with Gasteiger partial charge in [0, 0.05) is 12.6 Å². The summed E-state index contributed by atoms with van der Waals surface area (Å²) in [6, 6.07) is 0.554. The molecule has 0 unspecified atom stereocenters. The van der Waals surface area contributed by atoms with E-state index >= 15 is 0 Å². The van der Waals surface area contributed by atoms with Crippen LogP contribution in [0.5, 0.6) is 0 Å². The van der Waals surface area contributed by atoms with Crippen molar-refractivity contribution in [2.45, 2.75) is 23.8 Å². The highest BCUT2D eigenvalue weighted by molar-refractivity contribution is 7.99. The van der Waals surface area contributed by atoms with E-state index in [2.05, 4.69) is 17.2 Å². The molecule has 98 valence electrons. The summed E-state index contributed by atoms with van der Waals surface area (Å²) in [4.78, 5) is 13.5. The van der Waals surface area contributed by atoms with E-state index in [1.807, 2.05) is 6.26 Å². The Balaban J connectivity index is 2.21. The van der Waals surface area contributed by atoms with Crippen LogP contribution in [0.4, 0.5) is 10.7 Å². The molecule has 1 aromatic heterocycles. The average molecular weight is 283 g/mol. The van der Waals surface area contributed by atoms with E-state index in [1.54, 1.807) is 17.8 Å². The van der Waals surface area contributed by atoms with Crippen LogP contribution in [0.25, 0.3) is 0 Å². The van der Waals surface area contributed by atoms with Crippen molar-refractivity contribution in [3.05, 3.63) is 17.5 Å². The third-order valence-electron chi connectivity index (χ3n) is 2.63. The molecule has 1 saturated carbocycles. The van der Waals surface area contributed by atoms with Crippen LogP contribution in [-0.4, -0.2) is 24.7 Å². The molecule has 6 heteroatoms. The number of thioether (sulfide) groups is 1. The Hall–Kier alpha value is -1.14. The Morgan fingerprint density at radius 1 is 1.67 bits per heavy atom. The summed E-state index contributed by atoms with van der Waals surface area (Å²) in [7, 11) is 0. The van der Waals surface area contributed by atoms with Gasteiger partial charge in [0.25, 0.3) is 5.91 Å². The Kier molecular flexibility index (Phi) is 4.19. The molecule has 0 bridgehead atoms. The molecule has 0 atom stereocenters. The Labute approximate surface area is 115 Å². The SMILES string of the molecule is C=CCNC(=O)c1sc(NC2CC2)c(SC)c1N. The van der Waals surface area contributed by atoms with Gasteiger partial charge in [0.2, 0.25) is 0 Å². The third-order valence-corrected chi connectivity index (χ3v) is 4.73. The number of amides is 1. The lowest BCUT2D eigenvalue weighted by atomic mass is 10.3. The van der Waals surface area contributed by atoms with Crippen LogP contribution in [0.15, 0.2) is 17.6 Å². The zero-order valence-corrected chi connectivity index (χ0v) is 11.9. The largest absolute Gasteiger partial charge is 0.396 e. The second kappa shape index (κ2) is 5.67. The third kappa shape index (κ3) is 2.81. The fraction of sp³-hybridized carbons (Fsp3) is 0.417. The van der Waals surface area contributed by atoms with E-state index in [-0.39, 0.29) is 5.91 Å². The average Bonchev–Trinajstić information content (AvgIpc) is 3.11. The second-order valence-electron chi connectivity index (χ2n) is 4.12. The van der Waals surface area contributed by atoms with Crippen molar-refractivity contribution in [1.82, 2.24) is 5.32 Å². The number of carbonyl (C=O) groups excluding carboxylic acids is 1. The first-order valence-corrected chi connectivity index (χ1v) is 7.83. The molecule has 1 heterocycles. The Morgan fingerprint density at radius 3 is 2.94 bits per heavy atom. The highest BCUT2D eigenvalue weighted by atomic mass is 32.2. The number of nitrogens with one attached hydrogen (secondary N) is 2. The highest BCUT2D eigenvalue weighted by Gasteiger charge is 2.26. The number of nitrogen functional groups attached to an aromatic ring is 1. The van der Waals surface area contributed by atoms with E-state index in [0.717, 1.165) is 9.90 Å². The molecule has 0 saturated heterocycles. The van der Waals surface area contributed by atoms with Crippen molar-refractivity contribution in [2.24, 2.45) is 0 Å². The Bertz CT molecular complexity index is 466. The van der Waals surface area contributed by atoms with Gasteiger partial charge in [0.15, 0.2) is 0 Å². The van der Waals surface area contributed by atoms with E-state index in [1.165, 1.54) is 24.2 Å². The first-order valence-electron chi connectivity index (χ1n) is 5.79. The monoisotopic (exact) mass is 283 g/mol. The number of nitrogens with two attached hydrogens (primary N) is 1. The first-order chi connectivity index (χ1) is 8.67. The lowest BCUT2D eigenvalue weighted by molar-refractivity contribution is 0.0963. The van der Waals surface area contributed by atoms with Crippen LogP contribution in [0.2, 0.25) is 0 Å². The molecule has 1 fully saturated rings. The molecule has 1 aromatic rings. The van der Waals surface area contributed by atoms with Gasteiger partial charge in [-0.25, -0.2) is 0 Å². The molecule has 4 N–H and O–H groups in total. The van der Waals surface area contributed by atoms with Crippen LogP contribution in [0.3, 0.4) is 0 Å². The molecule has 1 amide bonds. The van der Waals surface area contributed by atoms with Gasteiger partial charge in [0.05, 0.1) is 10.6 Å². The zero-order valence-electron chi connectivity index (χ0n) is 10.3. The summed E-state index contributed by atoms with van der Waals surface area (Å²) in [5.74, 6) is -0.128.